The molecule has 3 aromatic carbocycles. The van der Waals surface area contributed by atoms with Crippen LogP contribution in [0, 0.1) is 17.6 Å². The highest BCUT2D eigenvalue weighted by atomic mass is 35.5. The summed E-state index contributed by atoms with van der Waals surface area (Å²) in [6.45, 7) is 8.56. The van der Waals surface area contributed by atoms with Gasteiger partial charge in [-0.25, -0.2) is 18.4 Å². The van der Waals surface area contributed by atoms with E-state index in [1.54, 1.807) is 0 Å². The Balaban J connectivity index is 1.62. The van der Waals surface area contributed by atoms with Crippen LogP contribution in [-0.2, 0) is 26.6 Å². The van der Waals surface area contributed by atoms with E-state index in [9.17, 15) is 45.5 Å². The lowest BCUT2D eigenvalue weighted by Gasteiger charge is -2.29. The van der Waals surface area contributed by atoms with Gasteiger partial charge in [-0.1, -0.05) is 11.6 Å². The number of hydrogen-bond acceptors (Lipinski definition) is 6. The van der Waals surface area contributed by atoms with Gasteiger partial charge < -0.3 is 20.1 Å². The van der Waals surface area contributed by atoms with E-state index in [1.807, 2.05) is 0 Å². The number of imide groups is 1. The van der Waals surface area contributed by atoms with Gasteiger partial charge >= 0.3 is 24.5 Å². The van der Waals surface area contributed by atoms with Crippen molar-refractivity contribution in [2.24, 2.45) is 5.92 Å². The Bertz CT molecular complexity index is 1990. The van der Waals surface area contributed by atoms with Gasteiger partial charge in [0.15, 0.2) is 11.6 Å². The second kappa shape index (κ2) is 15.0. The van der Waals surface area contributed by atoms with Crippen LogP contribution in [0.1, 0.15) is 74.5 Å². The lowest BCUT2D eigenvalue weighted by atomic mass is 10.0. The first-order chi connectivity index (χ1) is 24.9. The molecular weight excluding hydrogens is 817 g/mol. The molecule has 0 radical (unpaired) electrons. The molecule has 0 aromatic heterocycles. The molecule has 0 spiro atoms. The third-order valence-corrected chi connectivity index (χ3v) is 8.74. The van der Waals surface area contributed by atoms with Crippen molar-refractivity contribution in [3.63, 3.8) is 0 Å². The molecule has 1 saturated carbocycles. The van der Waals surface area contributed by atoms with Crippen LogP contribution in [0.4, 0.5) is 61.8 Å². The fourth-order valence-corrected chi connectivity index (χ4v) is 6.16. The minimum atomic E-state index is -5.18. The van der Waals surface area contributed by atoms with Crippen molar-refractivity contribution >= 4 is 75.9 Å². The van der Waals surface area contributed by atoms with E-state index in [2.05, 4.69) is 10.6 Å². The molecule has 1 aliphatic rings. The molecule has 0 bridgehead atoms. The van der Waals surface area contributed by atoms with Gasteiger partial charge in [-0.15, -0.1) is 23.2 Å². The monoisotopic (exact) mass is 845 g/mol. The van der Waals surface area contributed by atoms with E-state index in [0.717, 1.165) is 18.2 Å². The minimum absolute atomic E-state index is 0.0256. The van der Waals surface area contributed by atoms with Crippen LogP contribution in [0.5, 0.6) is 0 Å². The summed E-state index contributed by atoms with van der Waals surface area (Å²) in [7, 11) is 0. The molecule has 2 N–H and O–H groups in total. The molecule has 4 amide bonds. The SMILES string of the molecule is CC(C)(C)OC(=O)N(C(=O)OC(C)(C)C)c1c(F)ccc(NC(=O)c2cc(NC(=O)[C@H]3[C@H](c4cc(C(F)(F)F)cc(C(F)(F)F)c4)C3(Cl)Cl)ccc2Cl)c1F. The predicted octanol–water partition coefficient (Wildman–Crippen LogP) is 11.1. The molecule has 0 saturated heterocycles. The highest BCUT2D eigenvalue weighted by molar-refractivity contribution is 6.53. The number of amides is 4. The zero-order valence-corrected chi connectivity index (χ0v) is 31.6. The van der Waals surface area contributed by atoms with Gasteiger partial charge in [0.25, 0.3) is 5.91 Å². The van der Waals surface area contributed by atoms with Crippen LogP contribution in [0.2, 0.25) is 5.02 Å². The zero-order chi connectivity index (χ0) is 41.8. The fraction of sp³-hybridized carbons (Fsp3) is 0.371. The predicted molar refractivity (Wildman–Crippen MR) is 186 cm³/mol. The molecule has 1 aliphatic carbocycles. The molecule has 0 aliphatic heterocycles. The largest absolute Gasteiger partial charge is 0.443 e. The van der Waals surface area contributed by atoms with Crippen LogP contribution in [0.25, 0.3) is 0 Å². The van der Waals surface area contributed by atoms with Gasteiger partial charge in [0, 0.05) is 11.6 Å². The van der Waals surface area contributed by atoms with Gasteiger partial charge in [-0.05, 0) is 95.6 Å². The van der Waals surface area contributed by atoms with E-state index >= 15 is 8.78 Å². The van der Waals surface area contributed by atoms with E-state index in [-0.39, 0.29) is 21.7 Å². The smallest absolute Gasteiger partial charge is 0.424 e. The van der Waals surface area contributed by atoms with Gasteiger partial charge in [0.2, 0.25) is 5.91 Å². The van der Waals surface area contributed by atoms with E-state index in [4.69, 9.17) is 44.3 Å². The minimum Gasteiger partial charge on any atom is -0.443 e. The lowest BCUT2D eigenvalue weighted by molar-refractivity contribution is -0.143. The summed E-state index contributed by atoms with van der Waals surface area (Å²) < 4.78 is 120. The fourth-order valence-electron chi connectivity index (χ4n) is 5.13. The summed E-state index contributed by atoms with van der Waals surface area (Å²) >= 11 is 18.6. The number of anilines is 3. The van der Waals surface area contributed by atoms with Crippen molar-refractivity contribution in [2.75, 3.05) is 15.5 Å². The van der Waals surface area contributed by atoms with Crippen LogP contribution in [0.3, 0.4) is 0 Å². The maximum Gasteiger partial charge on any atom is 0.424 e. The first-order valence-electron chi connectivity index (χ1n) is 15.8. The number of nitrogens with zero attached hydrogens (tertiary/aromatic N) is 1. The maximum atomic E-state index is 16.0. The second-order valence-corrected chi connectivity index (χ2v) is 16.0. The standard InChI is InChI=1S/C35H30Cl3F8N3O6/c1-31(2,3)54-29(52)49(30(53)55-32(4,5)6)26-21(39)9-10-22(25(26)40)48-27(50)19-14-18(7-8-20(19)36)47-28(51)24-23(33(24,37)38)15-11-16(34(41,42)43)13-17(12-15)35(44,45)46/h7-14,23-24H,1-6H3,(H,47,51)(H,48,50)/t23-,24+/m0/s1. The number of carbonyl (C=O) groups excluding carboxylic acids is 4. The van der Waals surface area contributed by atoms with Crippen LogP contribution < -0.4 is 15.5 Å². The molecular formula is C35H30Cl3F8N3O6. The summed E-state index contributed by atoms with van der Waals surface area (Å²) in [6.07, 6.45) is -13.4. The summed E-state index contributed by atoms with van der Waals surface area (Å²) in [6, 6.07) is 5.34. The quantitative estimate of drug-likeness (QED) is 0.189. The summed E-state index contributed by atoms with van der Waals surface area (Å²) in [4.78, 5) is 52.6. The molecule has 4 rings (SSSR count). The number of benzene rings is 3. The Kier molecular flexibility index (Phi) is 11.8. The first-order valence-corrected chi connectivity index (χ1v) is 16.9. The maximum absolute atomic E-state index is 16.0. The lowest BCUT2D eigenvalue weighted by Crippen LogP contribution is -2.44. The molecule has 298 valence electrons. The third-order valence-electron chi connectivity index (χ3n) is 7.47. The normalized spacial score (nSPS) is 16.9. The molecule has 2 atom stereocenters. The highest BCUT2D eigenvalue weighted by Crippen LogP contribution is 2.65. The Morgan fingerprint density at radius 2 is 1.25 bits per heavy atom. The molecule has 0 unspecified atom stereocenters. The number of halogens is 11. The zero-order valence-electron chi connectivity index (χ0n) is 29.3. The Morgan fingerprint density at radius 1 is 0.745 bits per heavy atom. The van der Waals surface area contributed by atoms with E-state index in [1.165, 1.54) is 47.6 Å². The van der Waals surface area contributed by atoms with E-state index < -0.39 is 109 Å². The van der Waals surface area contributed by atoms with Gasteiger partial charge in [-0.3, -0.25) is 9.59 Å². The number of hydrogen-bond donors (Lipinski definition) is 2. The van der Waals surface area contributed by atoms with Crippen molar-refractivity contribution in [2.45, 2.75) is 75.3 Å². The van der Waals surface area contributed by atoms with E-state index in [0.29, 0.717) is 18.2 Å². The Labute approximate surface area is 323 Å². The topological polar surface area (TPSA) is 114 Å². The number of alkyl halides is 8. The number of nitrogens with one attached hydrogen (secondary N) is 2. The Morgan fingerprint density at radius 3 is 1.73 bits per heavy atom. The molecule has 1 fully saturated rings. The van der Waals surface area contributed by atoms with Crippen molar-refractivity contribution in [3.8, 4) is 0 Å². The third kappa shape index (κ3) is 10.1. The van der Waals surface area contributed by atoms with Gasteiger partial charge in [0.1, 0.15) is 21.2 Å². The number of carbonyl (C=O) groups is 4. The van der Waals surface area contributed by atoms with Crippen molar-refractivity contribution < 1.29 is 63.8 Å². The van der Waals surface area contributed by atoms with Crippen LogP contribution in [0.15, 0.2) is 48.5 Å². The molecule has 20 heteroatoms. The number of rotatable bonds is 6. The van der Waals surface area contributed by atoms with Crippen LogP contribution >= 0.6 is 34.8 Å². The molecule has 9 nitrogen and oxygen atoms in total. The molecule has 3 aromatic rings. The van der Waals surface area contributed by atoms with Gasteiger partial charge in [-0.2, -0.15) is 31.2 Å². The molecule has 0 heterocycles. The van der Waals surface area contributed by atoms with Crippen molar-refractivity contribution in [1.29, 1.82) is 0 Å². The van der Waals surface area contributed by atoms with Crippen LogP contribution in [-0.4, -0.2) is 39.5 Å². The van der Waals surface area contributed by atoms with Crippen molar-refractivity contribution in [3.05, 3.63) is 87.4 Å². The Hall–Kier alpha value is -4.35. The molecule has 55 heavy (non-hydrogen) atoms. The first kappa shape index (κ1) is 43.4. The van der Waals surface area contributed by atoms with Gasteiger partial charge in [0.05, 0.1) is 33.3 Å². The summed E-state index contributed by atoms with van der Waals surface area (Å²) in [5.74, 6) is -8.37. The summed E-state index contributed by atoms with van der Waals surface area (Å²) in [5, 5.41) is 4.16. The average molecular weight is 847 g/mol. The highest BCUT2D eigenvalue weighted by Gasteiger charge is 2.68. The second-order valence-electron chi connectivity index (χ2n) is 14.2. The number of ether oxygens (including phenoxy) is 2. The van der Waals surface area contributed by atoms with Crippen molar-refractivity contribution in [1.82, 2.24) is 0 Å². The summed E-state index contributed by atoms with van der Waals surface area (Å²) in [5.41, 5.74) is -9.05. The average Bonchev–Trinajstić information content (AvgIpc) is 3.60.